The van der Waals surface area contributed by atoms with E-state index in [1.807, 2.05) is 0 Å². The zero-order valence-electron chi connectivity index (χ0n) is 9.38. The first-order valence-electron chi connectivity index (χ1n) is 5.71. The molecule has 1 atom stereocenters. The van der Waals surface area contributed by atoms with Gasteiger partial charge in [-0.1, -0.05) is 0 Å². The smallest absolute Gasteiger partial charge is 0.0594 e. The molecule has 0 aromatic rings. The molecule has 2 saturated heterocycles. The fourth-order valence-corrected chi connectivity index (χ4v) is 2.56. The number of nitrogens with zero attached hydrogens (tertiary/aromatic N) is 1. The maximum atomic E-state index is 5.35. The molecule has 1 N–H and O–H groups in total. The Balaban J connectivity index is 1.75. The molecule has 82 valence electrons. The average Bonchev–Trinajstić information content (AvgIpc) is 2.47. The lowest BCUT2D eigenvalue weighted by atomic mass is 9.96. The van der Waals surface area contributed by atoms with Gasteiger partial charge in [-0.05, 0) is 32.7 Å². The van der Waals surface area contributed by atoms with E-state index < -0.39 is 0 Å². The zero-order chi connectivity index (χ0) is 10.0. The summed E-state index contributed by atoms with van der Waals surface area (Å²) < 4.78 is 5.35. The second kappa shape index (κ2) is 4.17. The van der Waals surface area contributed by atoms with Gasteiger partial charge in [0.05, 0.1) is 13.2 Å². The minimum Gasteiger partial charge on any atom is -0.379 e. The Bertz CT molecular complexity index is 188. The fourth-order valence-electron chi connectivity index (χ4n) is 2.56. The van der Waals surface area contributed by atoms with Crippen molar-refractivity contribution < 1.29 is 4.74 Å². The van der Waals surface area contributed by atoms with Crippen LogP contribution in [0, 0.1) is 5.92 Å². The van der Waals surface area contributed by atoms with E-state index in [-0.39, 0.29) is 0 Å². The van der Waals surface area contributed by atoms with Crippen LogP contribution < -0.4 is 5.32 Å². The molecule has 2 rings (SSSR count). The minimum absolute atomic E-state index is 0.358. The Morgan fingerprint density at radius 2 is 2.07 bits per heavy atom. The molecule has 0 aliphatic carbocycles. The molecule has 0 radical (unpaired) electrons. The van der Waals surface area contributed by atoms with Crippen LogP contribution >= 0.6 is 0 Å². The number of hydrogen-bond donors (Lipinski definition) is 1. The van der Waals surface area contributed by atoms with E-state index in [1.54, 1.807) is 0 Å². The highest BCUT2D eigenvalue weighted by Crippen LogP contribution is 2.23. The van der Waals surface area contributed by atoms with Gasteiger partial charge in [-0.2, -0.15) is 0 Å². The van der Waals surface area contributed by atoms with E-state index in [4.69, 9.17) is 4.74 Å². The maximum Gasteiger partial charge on any atom is 0.0594 e. The Hall–Kier alpha value is -0.120. The monoisotopic (exact) mass is 198 g/mol. The van der Waals surface area contributed by atoms with Crippen LogP contribution in [0.1, 0.15) is 20.3 Å². The van der Waals surface area contributed by atoms with Gasteiger partial charge in [0.2, 0.25) is 0 Å². The molecule has 0 spiro atoms. The molecule has 2 heterocycles. The lowest BCUT2D eigenvalue weighted by molar-refractivity contribution is 0.0315. The first kappa shape index (κ1) is 10.4. The quantitative estimate of drug-likeness (QED) is 0.707. The van der Waals surface area contributed by atoms with Crippen molar-refractivity contribution in [2.24, 2.45) is 5.92 Å². The van der Waals surface area contributed by atoms with Gasteiger partial charge in [0, 0.05) is 25.2 Å². The van der Waals surface area contributed by atoms with Gasteiger partial charge in [-0.3, -0.25) is 4.90 Å². The van der Waals surface area contributed by atoms with Crippen LogP contribution in [0.2, 0.25) is 0 Å². The molecule has 0 amide bonds. The SMILES string of the molecule is CC1(C)CC(CN2CCOCC2)CN1. The van der Waals surface area contributed by atoms with E-state index in [0.717, 1.165) is 32.2 Å². The minimum atomic E-state index is 0.358. The first-order chi connectivity index (χ1) is 6.66. The van der Waals surface area contributed by atoms with Crippen LogP contribution in [-0.2, 0) is 4.74 Å². The highest BCUT2D eigenvalue weighted by atomic mass is 16.5. The third kappa shape index (κ3) is 2.69. The van der Waals surface area contributed by atoms with Crippen molar-refractivity contribution >= 4 is 0 Å². The lowest BCUT2D eigenvalue weighted by Crippen LogP contribution is -2.39. The third-order valence-electron chi connectivity index (χ3n) is 3.29. The molecule has 3 nitrogen and oxygen atoms in total. The summed E-state index contributed by atoms with van der Waals surface area (Å²) in [6.45, 7) is 11.1. The average molecular weight is 198 g/mol. The van der Waals surface area contributed by atoms with Gasteiger partial charge in [0.1, 0.15) is 0 Å². The topological polar surface area (TPSA) is 24.5 Å². The van der Waals surface area contributed by atoms with Crippen LogP contribution in [0.15, 0.2) is 0 Å². The number of rotatable bonds is 2. The second-order valence-corrected chi connectivity index (χ2v) is 5.25. The Kier molecular flexibility index (Phi) is 3.10. The number of morpholine rings is 1. The largest absolute Gasteiger partial charge is 0.379 e. The van der Waals surface area contributed by atoms with Crippen molar-refractivity contribution in [3.8, 4) is 0 Å². The summed E-state index contributed by atoms with van der Waals surface area (Å²) in [4.78, 5) is 2.54. The summed E-state index contributed by atoms with van der Waals surface area (Å²) in [6.07, 6.45) is 1.31. The van der Waals surface area contributed by atoms with E-state index in [0.29, 0.717) is 5.54 Å². The predicted molar refractivity (Wildman–Crippen MR) is 57.4 cm³/mol. The van der Waals surface area contributed by atoms with Crippen molar-refractivity contribution in [3.63, 3.8) is 0 Å². The van der Waals surface area contributed by atoms with Crippen molar-refractivity contribution in [1.82, 2.24) is 10.2 Å². The summed E-state index contributed by atoms with van der Waals surface area (Å²) in [6, 6.07) is 0. The molecule has 2 aliphatic rings. The van der Waals surface area contributed by atoms with Crippen molar-refractivity contribution in [1.29, 1.82) is 0 Å². The molecular weight excluding hydrogens is 176 g/mol. The molecule has 2 fully saturated rings. The summed E-state index contributed by atoms with van der Waals surface area (Å²) >= 11 is 0. The molecule has 2 aliphatic heterocycles. The Morgan fingerprint density at radius 1 is 1.36 bits per heavy atom. The van der Waals surface area contributed by atoms with Gasteiger partial charge in [-0.25, -0.2) is 0 Å². The first-order valence-corrected chi connectivity index (χ1v) is 5.71. The summed E-state index contributed by atoms with van der Waals surface area (Å²) in [5.74, 6) is 0.836. The van der Waals surface area contributed by atoms with E-state index >= 15 is 0 Å². The van der Waals surface area contributed by atoms with E-state index in [9.17, 15) is 0 Å². The molecule has 0 aromatic carbocycles. The Labute approximate surface area is 86.8 Å². The predicted octanol–water partition coefficient (Wildman–Crippen LogP) is 0.707. The lowest BCUT2D eigenvalue weighted by Gasteiger charge is -2.29. The van der Waals surface area contributed by atoms with E-state index in [1.165, 1.54) is 19.5 Å². The van der Waals surface area contributed by atoms with Crippen LogP contribution in [0.5, 0.6) is 0 Å². The second-order valence-electron chi connectivity index (χ2n) is 5.25. The van der Waals surface area contributed by atoms with Crippen molar-refractivity contribution in [2.75, 3.05) is 39.4 Å². The molecule has 14 heavy (non-hydrogen) atoms. The molecule has 1 unspecified atom stereocenters. The summed E-state index contributed by atoms with van der Waals surface area (Å²) in [7, 11) is 0. The van der Waals surface area contributed by atoms with Crippen molar-refractivity contribution in [3.05, 3.63) is 0 Å². The van der Waals surface area contributed by atoms with Gasteiger partial charge in [0.25, 0.3) is 0 Å². The third-order valence-corrected chi connectivity index (χ3v) is 3.29. The fraction of sp³-hybridized carbons (Fsp3) is 1.00. The van der Waals surface area contributed by atoms with Crippen LogP contribution in [0.4, 0.5) is 0 Å². The number of hydrogen-bond acceptors (Lipinski definition) is 3. The standard InChI is InChI=1S/C11H22N2O/c1-11(2)7-10(8-12-11)9-13-3-5-14-6-4-13/h10,12H,3-9H2,1-2H3. The van der Waals surface area contributed by atoms with Crippen LogP contribution in [-0.4, -0.2) is 49.8 Å². The van der Waals surface area contributed by atoms with Crippen molar-refractivity contribution in [2.45, 2.75) is 25.8 Å². The molecule has 0 aromatic heterocycles. The zero-order valence-corrected chi connectivity index (χ0v) is 9.38. The summed E-state index contributed by atoms with van der Waals surface area (Å²) in [5.41, 5.74) is 0.358. The van der Waals surface area contributed by atoms with Crippen LogP contribution in [0.3, 0.4) is 0 Å². The number of nitrogens with one attached hydrogen (secondary N) is 1. The Morgan fingerprint density at radius 3 is 2.64 bits per heavy atom. The summed E-state index contributed by atoms with van der Waals surface area (Å²) in [5, 5.41) is 3.58. The molecule has 3 heteroatoms. The number of ether oxygens (including phenoxy) is 1. The highest BCUT2D eigenvalue weighted by molar-refractivity contribution is 4.90. The highest BCUT2D eigenvalue weighted by Gasteiger charge is 2.31. The maximum absolute atomic E-state index is 5.35. The van der Waals surface area contributed by atoms with Gasteiger partial charge >= 0.3 is 0 Å². The normalized spacial score (nSPS) is 33.4. The van der Waals surface area contributed by atoms with Crippen LogP contribution in [0.25, 0.3) is 0 Å². The molecule has 0 bridgehead atoms. The van der Waals surface area contributed by atoms with Gasteiger partial charge in [-0.15, -0.1) is 0 Å². The van der Waals surface area contributed by atoms with Gasteiger partial charge in [0.15, 0.2) is 0 Å². The van der Waals surface area contributed by atoms with E-state index in [2.05, 4.69) is 24.1 Å². The van der Waals surface area contributed by atoms with Gasteiger partial charge < -0.3 is 10.1 Å². The molecule has 0 saturated carbocycles. The molecular formula is C11H22N2O.